The minimum absolute atomic E-state index is 0.0192. The molecule has 1 heterocycles. The van der Waals surface area contributed by atoms with Gasteiger partial charge in [-0.2, -0.15) is 0 Å². The van der Waals surface area contributed by atoms with E-state index in [2.05, 4.69) is 15.9 Å². The third-order valence-corrected chi connectivity index (χ3v) is 5.58. The molecule has 5 heteroatoms. The summed E-state index contributed by atoms with van der Waals surface area (Å²) < 4.78 is -0.219. The van der Waals surface area contributed by atoms with E-state index in [4.69, 9.17) is 11.6 Å². The standard InChI is InChI=1S/C15H11BrClNOS/c16-13-14(19)18(12-8-6-11(17)7-9-12)15(20-13)10-4-2-1-3-5-10/h1-9,13,15H. The van der Waals surface area contributed by atoms with Crippen molar-refractivity contribution in [3.63, 3.8) is 0 Å². The van der Waals surface area contributed by atoms with Crippen LogP contribution in [0.25, 0.3) is 0 Å². The molecule has 2 nitrogen and oxygen atoms in total. The fourth-order valence-electron chi connectivity index (χ4n) is 2.17. The summed E-state index contributed by atoms with van der Waals surface area (Å²) in [6.07, 6.45) is 0. The Hall–Kier alpha value is -0.970. The molecule has 1 fully saturated rings. The highest BCUT2D eigenvalue weighted by Gasteiger charge is 2.40. The minimum Gasteiger partial charge on any atom is -0.294 e. The molecule has 0 bridgehead atoms. The van der Waals surface area contributed by atoms with Crippen LogP contribution in [0.5, 0.6) is 0 Å². The van der Waals surface area contributed by atoms with Crippen LogP contribution >= 0.6 is 39.3 Å². The van der Waals surface area contributed by atoms with Crippen molar-refractivity contribution in [2.24, 2.45) is 0 Å². The van der Waals surface area contributed by atoms with Gasteiger partial charge >= 0.3 is 0 Å². The van der Waals surface area contributed by atoms with E-state index in [1.165, 1.54) is 0 Å². The summed E-state index contributed by atoms with van der Waals surface area (Å²) in [5, 5.41) is 0.647. The first kappa shape index (κ1) is 14.0. The maximum absolute atomic E-state index is 12.4. The second-order valence-electron chi connectivity index (χ2n) is 4.40. The predicted molar refractivity (Wildman–Crippen MR) is 88.4 cm³/mol. The number of halogens is 2. The predicted octanol–water partition coefficient (Wildman–Crippen LogP) is 4.84. The van der Waals surface area contributed by atoms with Crippen LogP contribution in [0.1, 0.15) is 10.9 Å². The average molecular weight is 369 g/mol. The van der Waals surface area contributed by atoms with Gasteiger partial charge in [-0.05, 0) is 29.8 Å². The van der Waals surface area contributed by atoms with Gasteiger partial charge in [0.05, 0.1) is 0 Å². The van der Waals surface area contributed by atoms with Gasteiger partial charge in [-0.15, -0.1) is 11.8 Å². The highest BCUT2D eigenvalue weighted by atomic mass is 79.9. The first-order valence-electron chi connectivity index (χ1n) is 6.10. The van der Waals surface area contributed by atoms with Crippen LogP contribution in [0.3, 0.4) is 0 Å². The molecule has 102 valence electrons. The van der Waals surface area contributed by atoms with E-state index >= 15 is 0 Å². The molecule has 2 aromatic rings. The zero-order valence-electron chi connectivity index (χ0n) is 10.4. The van der Waals surface area contributed by atoms with Crippen molar-refractivity contribution in [2.45, 2.75) is 9.53 Å². The second kappa shape index (κ2) is 5.80. The van der Waals surface area contributed by atoms with Crippen molar-refractivity contribution >= 4 is 50.9 Å². The lowest BCUT2D eigenvalue weighted by Gasteiger charge is -2.24. The Morgan fingerprint density at radius 2 is 1.70 bits per heavy atom. The summed E-state index contributed by atoms with van der Waals surface area (Å²) in [4.78, 5) is 14.2. The van der Waals surface area contributed by atoms with E-state index in [-0.39, 0.29) is 15.4 Å². The molecule has 1 aliphatic heterocycles. The van der Waals surface area contributed by atoms with Gasteiger partial charge in [0.2, 0.25) is 0 Å². The van der Waals surface area contributed by atoms with Gasteiger partial charge in [-0.25, -0.2) is 0 Å². The number of thioether (sulfide) groups is 1. The monoisotopic (exact) mass is 367 g/mol. The van der Waals surface area contributed by atoms with Gasteiger partial charge in [0.15, 0.2) is 0 Å². The van der Waals surface area contributed by atoms with E-state index in [0.717, 1.165) is 11.3 Å². The Balaban J connectivity index is 2.01. The number of hydrogen-bond donors (Lipinski definition) is 0. The third-order valence-electron chi connectivity index (χ3n) is 3.10. The Bertz CT molecular complexity index is 620. The van der Waals surface area contributed by atoms with Gasteiger partial charge in [0.25, 0.3) is 5.91 Å². The highest BCUT2D eigenvalue weighted by Crippen LogP contribution is 2.47. The topological polar surface area (TPSA) is 20.3 Å². The van der Waals surface area contributed by atoms with Crippen molar-refractivity contribution < 1.29 is 4.79 Å². The molecule has 20 heavy (non-hydrogen) atoms. The summed E-state index contributed by atoms with van der Waals surface area (Å²) in [5.41, 5.74) is 1.98. The summed E-state index contributed by atoms with van der Waals surface area (Å²) >= 11 is 11.0. The number of nitrogens with zero attached hydrogens (tertiary/aromatic N) is 1. The number of benzene rings is 2. The van der Waals surface area contributed by atoms with Crippen LogP contribution < -0.4 is 4.90 Å². The summed E-state index contributed by atoms with van der Waals surface area (Å²) in [6.45, 7) is 0. The molecule has 0 aliphatic carbocycles. The van der Waals surface area contributed by atoms with Crippen LogP contribution in [0.2, 0.25) is 5.02 Å². The lowest BCUT2D eigenvalue weighted by molar-refractivity contribution is -0.116. The number of carbonyl (C=O) groups is 1. The fourth-order valence-corrected chi connectivity index (χ4v) is 4.24. The lowest BCUT2D eigenvalue weighted by Crippen LogP contribution is -2.29. The summed E-state index contributed by atoms with van der Waals surface area (Å²) in [5.74, 6) is 0.0613. The van der Waals surface area contributed by atoms with Gasteiger partial charge in [-0.3, -0.25) is 9.69 Å². The van der Waals surface area contributed by atoms with E-state index in [1.54, 1.807) is 23.9 Å². The normalized spacial score (nSPS) is 22.3. The molecular weight excluding hydrogens is 358 g/mol. The smallest absolute Gasteiger partial charge is 0.252 e. The van der Waals surface area contributed by atoms with E-state index in [9.17, 15) is 4.79 Å². The molecule has 1 aliphatic rings. The Morgan fingerprint density at radius 1 is 1.05 bits per heavy atom. The van der Waals surface area contributed by atoms with E-state index in [0.29, 0.717) is 5.02 Å². The number of amides is 1. The zero-order valence-corrected chi connectivity index (χ0v) is 13.5. The molecular formula is C15H11BrClNOS. The third kappa shape index (κ3) is 2.60. The molecule has 0 N–H and O–H groups in total. The Kier molecular flexibility index (Phi) is 4.06. The van der Waals surface area contributed by atoms with Gasteiger partial charge in [0, 0.05) is 10.7 Å². The molecule has 0 aromatic heterocycles. The Morgan fingerprint density at radius 3 is 2.35 bits per heavy atom. The van der Waals surface area contributed by atoms with Gasteiger partial charge in [-0.1, -0.05) is 57.9 Å². The molecule has 0 radical (unpaired) electrons. The quantitative estimate of drug-likeness (QED) is 0.707. The van der Waals surface area contributed by atoms with Crippen molar-refractivity contribution in [2.75, 3.05) is 4.90 Å². The summed E-state index contributed by atoms with van der Waals surface area (Å²) in [6, 6.07) is 17.4. The number of carbonyl (C=O) groups excluding carboxylic acids is 1. The van der Waals surface area contributed by atoms with Gasteiger partial charge in [0.1, 0.15) is 9.53 Å². The van der Waals surface area contributed by atoms with E-state index < -0.39 is 0 Å². The first-order valence-corrected chi connectivity index (χ1v) is 8.33. The Labute approximate surface area is 135 Å². The fraction of sp³-hybridized carbons (Fsp3) is 0.133. The second-order valence-corrected chi connectivity index (χ2v) is 7.55. The van der Waals surface area contributed by atoms with Crippen molar-refractivity contribution in [1.82, 2.24) is 0 Å². The van der Waals surface area contributed by atoms with Crippen LogP contribution in [-0.4, -0.2) is 10.1 Å². The number of alkyl halides is 1. The van der Waals surface area contributed by atoms with Crippen LogP contribution in [-0.2, 0) is 4.79 Å². The van der Waals surface area contributed by atoms with Crippen molar-refractivity contribution in [1.29, 1.82) is 0 Å². The minimum atomic E-state index is -0.219. The maximum atomic E-state index is 12.4. The average Bonchev–Trinajstić information content (AvgIpc) is 2.77. The van der Waals surface area contributed by atoms with Gasteiger partial charge < -0.3 is 0 Å². The molecule has 2 unspecified atom stereocenters. The molecule has 2 aromatic carbocycles. The molecule has 0 saturated carbocycles. The lowest BCUT2D eigenvalue weighted by atomic mass is 10.2. The van der Waals surface area contributed by atoms with Crippen LogP contribution in [0.4, 0.5) is 5.69 Å². The zero-order chi connectivity index (χ0) is 14.1. The van der Waals surface area contributed by atoms with Crippen LogP contribution in [0, 0.1) is 0 Å². The van der Waals surface area contributed by atoms with Crippen molar-refractivity contribution in [3.8, 4) is 0 Å². The molecule has 3 rings (SSSR count). The van der Waals surface area contributed by atoms with Crippen LogP contribution in [0.15, 0.2) is 54.6 Å². The summed E-state index contributed by atoms with van der Waals surface area (Å²) in [7, 11) is 0. The highest BCUT2D eigenvalue weighted by molar-refractivity contribution is 9.11. The molecule has 1 amide bonds. The first-order chi connectivity index (χ1) is 9.66. The molecule has 0 spiro atoms. The number of hydrogen-bond acceptors (Lipinski definition) is 2. The van der Waals surface area contributed by atoms with Crippen molar-refractivity contribution in [3.05, 3.63) is 65.2 Å². The maximum Gasteiger partial charge on any atom is 0.252 e. The molecule has 1 saturated heterocycles. The van der Waals surface area contributed by atoms with E-state index in [1.807, 2.05) is 47.4 Å². The molecule has 2 atom stereocenters. The largest absolute Gasteiger partial charge is 0.294 e. The number of anilines is 1. The SMILES string of the molecule is O=C1C(Br)SC(c2ccccc2)N1c1ccc(Cl)cc1. The number of rotatable bonds is 2.